The molecule has 2 N–H and O–H groups in total. The van der Waals surface area contributed by atoms with Gasteiger partial charge in [-0.15, -0.1) is 0 Å². The quantitative estimate of drug-likeness (QED) is 0.665. The molecule has 23 heavy (non-hydrogen) atoms. The minimum Gasteiger partial charge on any atom is -0.305 e. The van der Waals surface area contributed by atoms with Crippen molar-refractivity contribution in [3.63, 3.8) is 0 Å². The van der Waals surface area contributed by atoms with Crippen molar-refractivity contribution in [1.29, 1.82) is 0 Å². The monoisotopic (exact) mass is 315 g/mol. The molecule has 2 aromatic rings. The van der Waals surface area contributed by atoms with Gasteiger partial charge in [-0.05, 0) is 26.0 Å². The standard InChI is InChI=1S/C15H17N5O3/c1-15(2)12-11(8-16-15)13(18-19(12)3)17-14(21)9-4-6-10(7-5-9)20(22)23/h4-7,16H,8H2,1-3H3,(H,17,18,21). The van der Waals surface area contributed by atoms with E-state index in [1.54, 1.807) is 4.68 Å². The summed E-state index contributed by atoms with van der Waals surface area (Å²) in [7, 11) is 1.84. The number of nitro benzene ring substituents is 1. The lowest BCUT2D eigenvalue weighted by molar-refractivity contribution is -0.384. The van der Waals surface area contributed by atoms with E-state index in [0.29, 0.717) is 17.9 Å². The van der Waals surface area contributed by atoms with Crippen LogP contribution in [-0.4, -0.2) is 20.6 Å². The number of amides is 1. The Labute approximate surface area is 132 Å². The molecule has 0 bridgehead atoms. The third kappa shape index (κ3) is 2.57. The van der Waals surface area contributed by atoms with Crippen LogP contribution < -0.4 is 10.6 Å². The average molecular weight is 315 g/mol. The van der Waals surface area contributed by atoms with Crippen LogP contribution in [0.1, 0.15) is 35.5 Å². The summed E-state index contributed by atoms with van der Waals surface area (Å²) in [6.07, 6.45) is 0. The molecule has 0 saturated heterocycles. The van der Waals surface area contributed by atoms with Crippen LogP contribution in [0.25, 0.3) is 0 Å². The van der Waals surface area contributed by atoms with E-state index in [9.17, 15) is 14.9 Å². The topological polar surface area (TPSA) is 102 Å². The van der Waals surface area contributed by atoms with Crippen LogP contribution in [0.5, 0.6) is 0 Å². The first-order valence-corrected chi connectivity index (χ1v) is 7.17. The fourth-order valence-corrected chi connectivity index (χ4v) is 2.92. The summed E-state index contributed by atoms with van der Waals surface area (Å²) >= 11 is 0. The lowest BCUT2D eigenvalue weighted by atomic mass is 10.0. The maximum absolute atomic E-state index is 12.3. The molecule has 8 heteroatoms. The van der Waals surface area contributed by atoms with Crippen LogP contribution >= 0.6 is 0 Å². The number of fused-ring (bicyclic) bond motifs is 1. The molecular formula is C15H17N5O3. The highest BCUT2D eigenvalue weighted by atomic mass is 16.6. The fraction of sp³-hybridized carbons (Fsp3) is 0.333. The van der Waals surface area contributed by atoms with Crippen molar-refractivity contribution >= 4 is 17.4 Å². The van der Waals surface area contributed by atoms with Gasteiger partial charge in [-0.2, -0.15) is 5.10 Å². The Kier molecular flexibility index (Phi) is 3.41. The summed E-state index contributed by atoms with van der Waals surface area (Å²) in [5, 5.41) is 21.2. The molecule has 0 saturated carbocycles. The van der Waals surface area contributed by atoms with Crippen molar-refractivity contribution < 1.29 is 9.72 Å². The number of hydrogen-bond donors (Lipinski definition) is 2. The molecule has 0 spiro atoms. The Hall–Kier alpha value is -2.74. The molecule has 1 aliphatic rings. The van der Waals surface area contributed by atoms with Crippen LogP contribution in [0.2, 0.25) is 0 Å². The van der Waals surface area contributed by atoms with E-state index < -0.39 is 4.92 Å². The van der Waals surface area contributed by atoms with E-state index in [1.807, 2.05) is 7.05 Å². The number of hydrogen-bond acceptors (Lipinski definition) is 5. The second kappa shape index (κ2) is 5.17. The Morgan fingerprint density at radius 3 is 2.65 bits per heavy atom. The Bertz CT molecular complexity index is 792. The molecule has 0 radical (unpaired) electrons. The fourth-order valence-electron chi connectivity index (χ4n) is 2.92. The minimum absolute atomic E-state index is 0.0498. The molecule has 120 valence electrons. The number of aryl methyl sites for hydroxylation is 1. The molecule has 1 amide bonds. The molecule has 1 aromatic heterocycles. The molecule has 0 fully saturated rings. The molecule has 1 aromatic carbocycles. The molecule has 8 nitrogen and oxygen atoms in total. The van der Waals surface area contributed by atoms with Crippen LogP contribution in [0, 0.1) is 10.1 Å². The predicted octanol–water partition coefficient (Wildman–Crippen LogP) is 1.92. The lowest BCUT2D eigenvalue weighted by Gasteiger charge is -2.19. The van der Waals surface area contributed by atoms with Crippen molar-refractivity contribution in [2.75, 3.05) is 5.32 Å². The molecule has 1 aliphatic heterocycles. The van der Waals surface area contributed by atoms with Gasteiger partial charge in [-0.3, -0.25) is 19.6 Å². The highest BCUT2D eigenvalue weighted by Crippen LogP contribution is 2.34. The first-order valence-electron chi connectivity index (χ1n) is 7.17. The number of nitrogens with one attached hydrogen (secondary N) is 2. The highest BCUT2D eigenvalue weighted by Gasteiger charge is 2.35. The number of anilines is 1. The predicted molar refractivity (Wildman–Crippen MR) is 84.1 cm³/mol. The van der Waals surface area contributed by atoms with Crippen LogP contribution in [0.4, 0.5) is 11.5 Å². The second-order valence-corrected chi connectivity index (χ2v) is 6.04. The van der Waals surface area contributed by atoms with Crippen molar-refractivity contribution in [3.05, 3.63) is 51.2 Å². The molecule has 2 heterocycles. The zero-order valence-electron chi connectivity index (χ0n) is 13.1. The van der Waals surface area contributed by atoms with Gasteiger partial charge in [0.25, 0.3) is 11.6 Å². The van der Waals surface area contributed by atoms with Crippen LogP contribution in [0.15, 0.2) is 24.3 Å². The third-order valence-corrected chi connectivity index (χ3v) is 4.02. The summed E-state index contributed by atoms with van der Waals surface area (Å²) in [6, 6.07) is 5.47. The average Bonchev–Trinajstić information content (AvgIpc) is 2.98. The largest absolute Gasteiger partial charge is 0.305 e. The normalized spacial score (nSPS) is 15.3. The lowest BCUT2D eigenvalue weighted by Crippen LogP contribution is -2.31. The van der Waals surface area contributed by atoms with E-state index in [1.165, 1.54) is 24.3 Å². The summed E-state index contributed by atoms with van der Waals surface area (Å²) in [5.74, 6) is 0.175. The zero-order chi connectivity index (χ0) is 16.8. The molecule has 3 rings (SSSR count). The molecule has 0 unspecified atom stereocenters. The Morgan fingerprint density at radius 1 is 1.39 bits per heavy atom. The number of carbonyl (C=O) groups excluding carboxylic acids is 1. The van der Waals surface area contributed by atoms with Crippen molar-refractivity contribution in [1.82, 2.24) is 15.1 Å². The summed E-state index contributed by atoms with van der Waals surface area (Å²) in [4.78, 5) is 22.5. The van der Waals surface area contributed by atoms with Gasteiger partial charge >= 0.3 is 0 Å². The van der Waals surface area contributed by atoms with Gasteiger partial charge in [0.1, 0.15) is 0 Å². The first kappa shape index (κ1) is 15.2. The third-order valence-electron chi connectivity index (χ3n) is 4.02. The van der Waals surface area contributed by atoms with Gasteiger partial charge in [0, 0.05) is 36.9 Å². The molecule has 0 atom stereocenters. The molecular weight excluding hydrogens is 298 g/mol. The number of aromatic nitrogens is 2. The molecule has 0 aliphatic carbocycles. The first-order chi connectivity index (χ1) is 10.8. The van der Waals surface area contributed by atoms with Gasteiger partial charge in [0.2, 0.25) is 0 Å². The highest BCUT2D eigenvalue weighted by molar-refractivity contribution is 6.04. The van der Waals surface area contributed by atoms with Crippen molar-refractivity contribution in [2.24, 2.45) is 7.05 Å². The summed E-state index contributed by atoms with van der Waals surface area (Å²) in [5.41, 5.74) is 2.10. The van der Waals surface area contributed by atoms with Gasteiger partial charge < -0.3 is 10.6 Å². The van der Waals surface area contributed by atoms with Gasteiger partial charge in [0.15, 0.2) is 5.82 Å². The SMILES string of the molecule is Cn1nc(NC(=O)c2ccc([N+](=O)[O-])cc2)c2c1C(C)(C)NC2. The Morgan fingerprint density at radius 2 is 2.04 bits per heavy atom. The van der Waals surface area contributed by atoms with E-state index in [2.05, 4.69) is 29.6 Å². The Balaban J connectivity index is 1.84. The van der Waals surface area contributed by atoms with E-state index in [-0.39, 0.29) is 17.1 Å². The smallest absolute Gasteiger partial charge is 0.269 e. The number of non-ortho nitro benzene ring substituents is 1. The van der Waals surface area contributed by atoms with Gasteiger partial charge in [0.05, 0.1) is 16.2 Å². The zero-order valence-corrected chi connectivity index (χ0v) is 13.1. The van der Waals surface area contributed by atoms with E-state index in [4.69, 9.17) is 0 Å². The van der Waals surface area contributed by atoms with Crippen LogP contribution in [-0.2, 0) is 19.1 Å². The summed E-state index contributed by atoms with van der Waals surface area (Å²) in [6.45, 7) is 4.75. The minimum atomic E-state index is -0.499. The van der Waals surface area contributed by atoms with Gasteiger partial charge in [-0.25, -0.2) is 0 Å². The van der Waals surface area contributed by atoms with Crippen molar-refractivity contribution in [3.8, 4) is 0 Å². The van der Waals surface area contributed by atoms with Crippen molar-refractivity contribution in [2.45, 2.75) is 25.9 Å². The van der Waals surface area contributed by atoms with Gasteiger partial charge in [-0.1, -0.05) is 0 Å². The number of nitro groups is 1. The van der Waals surface area contributed by atoms with E-state index >= 15 is 0 Å². The second-order valence-electron chi connectivity index (χ2n) is 6.04. The maximum atomic E-state index is 12.3. The number of benzene rings is 1. The summed E-state index contributed by atoms with van der Waals surface area (Å²) < 4.78 is 1.76. The number of carbonyl (C=O) groups is 1. The number of rotatable bonds is 3. The van der Waals surface area contributed by atoms with E-state index in [0.717, 1.165) is 11.3 Å². The maximum Gasteiger partial charge on any atom is 0.269 e. The van der Waals surface area contributed by atoms with Crippen LogP contribution in [0.3, 0.4) is 0 Å². The number of nitrogens with zero attached hydrogens (tertiary/aromatic N) is 3.